The molecule has 1 heterocycles. The third-order valence-corrected chi connectivity index (χ3v) is 1.88. The zero-order chi connectivity index (χ0) is 10.4. The predicted molar refractivity (Wildman–Crippen MR) is 58.6 cm³/mol. The SMILES string of the molecule is C=C=CC(C)C=C(C)c1ccncn1. The molecule has 0 amide bonds. The zero-order valence-electron chi connectivity index (χ0n) is 8.57. The van der Waals surface area contributed by atoms with Crippen LogP contribution in [-0.2, 0) is 0 Å². The number of aromatic nitrogens is 2. The zero-order valence-corrected chi connectivity index (χ0v) is 8.57. The monoisotopic (exact) mass is 186 g/mol. The number of allylic oxidation sites excluding steroid dienone is 3. The van der Waals surface area contributed by atoms with E-state index in [-0.39, 0.29) is 0 Å². The highest BCUT2D eigenvalue weighted by atomic mass is 14.8. The lowest BCUT2D eigenvalue weighted by Gasteiger charge is -2.02. The van der Waals surface area contributed by atoms with Crippen molar-refractivity contribution in [2.45, 2.75) is 13.8 Å². The molecule has 0 saturated carbocycles. The Balaban J connectivity index is 2.84. The van der Waals surface area contributed by atoms with Crippen molar-refractivity contribution in [1.82, 2.24) is 9.97 Å². The van der Waals surface area contributed by atoms with E-state index in [9.17, 15) is 0 Å². The highest BCUT2D eigenvalue weighted by Crippen LogP contribution is 2.13. The van der Waals surface area contributed by atoms with Gasteiger partial charge in [-0.2, -0.15) is 0 Å². The van der Waals surface area contributed by atoms with Crippen LogP contribution in [-0.4, -0.2) is 9.97 Å². The predicted octanol–water partition coefficient (Wildman–Crippen LogP) is 2.86. The summed E-state index contributed by atoms with van der Waals surface area (Å²) in [6.07, 6.45) is 7.35. The van der Waals surface area contributed by atoms with Crippen LogP contribution >= 0.6 is 0 Å². The number of hydrogen-bond donors (Lipinski definition) is 0. The summed E-state index contributed by atoms with van der Waals surface area (Å²) in [4.78, 5) is 8.04. The summed E-state index contributed by atoms with van der Waals surface area (Å²) in [5.41, 5.74) is 4.88. The van der Waals surface area contributed by atoms with Crippen molar-refractivity contribution in [3.63, 3.8) is 0 Å². The average molecular weight is 186 g/mol. The molecule has 1 aromatic rings. The quantitative estimate of drug-likeness (QED) is 0.678. The molecule has 0 spiro atoms. The smallest absolute Gasteiger partial charge is 0.116 e. The third kappa shape index (κ3) is 3.00. The molecule has 14 heavy (non-hydrogen) atoms. The first-order valence-electron chi connectivity index (χ1n) is 4.55. The van der Waals surface area contributed by atoms with E-state index in [1.807, 2.05) is 19.1 Å². The van der Waals surface area contributed by atoms with Crippen molar-refractivity contribution in [2.75, 3.05) is 0 Å². The van der Waals surface area contributed by atoms with Gasteiger partial charge in [0.2, 0.25) is 0 Å². The molecule has 1 unspecified atom stereocenters. The molecule has 0 radical (unpaired) electrons. The number of nitrogens with zero attached hydrogens (tertiary/aromatic N) is 2. The highest BCUT2D eigenvalue weighted by molar-refractivity contribution is 5.60. The second-order valence-corrected chi connectivity index (χ2v) is 3.17. The van der Waals surface area contributed by atoms with Crippen molar-refractivity contribution in [3.05, 3.63) is 48.7 Å². The van der Waals surface area contributed by atoms with Crippen LogP contribution in [0.4, 0.5) is 0 Å². The Morgan fingerprint density at radius 2 is 2.43 bits per heavy atom. The molecule has 0 aromatic carbocycles. The summed E-state index contributed by atoms with van der Waals surface area (Å²) >= 11 is 0. The maximum Gasteiger partial charge on any atom is 0.116 e. The Bertz CT molecular complexity index is 359. The van der Waals surface area contributed by atoms with Crippen molar-refractivity contribution >= 4 is 5.57 Å². The van der Waals surface area contributed by atoms with E-state index in [4.69, 9.17) is 0 Å². The first-order chi connectivity index (χ1) is 6.74. The van der Waals surface area contributed by atoms with E-state index in [1.54, 1.807) is 12.5 Å². The first kappa shape index (κ1) is 10.4. The molecule has 0 aliphatic carbocycles. The minimum absolute atomic E-state index is 0.336. The summed E-state index contributed by atoms with van der Waals surface area (Å²) in [6, 6.07) is 1.90. The Kier molecular flexibility index (Phi) is 3.84. The Hall–Kier alpha value is -1.66. The summed E-state index contributed by atoms with van der Waals surface area (Å²) in [5, 5.41) is 0. The van der Waals surface area contributed by atoms with E-state index >= 15 is 0 Å². The second-order valence-electron chi connectivity index (χ2n) is 3.17. The van der Waals surface area contributed by atoms with Gasteiger partial charge in [0.15, 0.2) is 0 Å². The van der Waals surface area contributed by atoms with Crippen molar-refractivity contribution in [2.24, 2.45) is 5.92 Å². The maximum atomic E-state index is 4.16. The van der Waals surface area contributed by atoms with Gasteiger partial charge in [-0.1, -0.05) is 19.6 Å². The van der Waals surface area contributed by atoms with Crippen LogP contribution in [0.15, 0.2) is 43.1 Å². The molecule has 0 aliphatic heterocycles. The van der Waals surface area contributed by atoms with E-state index in [0.29, 0.717) is 5.92 Å². The van der Waals surface area contributed by atoms with Crippen LogP contribution in [0, 0.1) is 5.92 Å². The largest absolute Gasteiger partial charge is 0.245 e. The summed E-state index contributed by atoms with van der Waals surface area (Å²) in [7, 11) is 0. The Labute approximate surface area is 84.7 Å². The first-order valence-corrected chi connectivity index (χ1v) is 4.55. The maximum absolute atomic E-state index is 4.16. The lowest BCUT2D eigenvalue weighted by Crippen LogP contribution is -1.89. The number of hydrogen-bond acceptors (Lipinski definition) is 2. The van der Waals surface area contributed by atoms with Gasteiger partial charge in [0.1, 0.15) is 6.33 Å². The molecule has 1 atom stereocenters. The van der Waals surface area contributed by atoms with Crippen LogP contribution in [0.2, 0.25) is 0 Å². The molecular formula is C12H14N2. The van der Waals surface area contributed by atoms with Gasteiger partial charge in [0.25, 0.3) is 0 Å². The van der Waals surface area contributed by atoms with Gasteiger partial charge in [-0.05, 0) is 24.6 Å². The fraction of sp³-hybridized carbons (Fsp3) is 0.250. The van der Waals surface area contributed by atoms with Crippen molar-refractivity contribution in [1.29, 1.82) is 0 Å². The van der Waals surface area contributed by atoms with Crippen LogP contribution in [0.5, 0.6) is 0 Å². The van der Waals surface area contributed by atoms with E-state index in [1.165, 1.54) is 0 Å². The molecule has 1 rings (SSSR count). The van der Waals surface area contributed by atoms with E-state index < -0.39 is 0 Å². The standard InChI is InChI=1S/C12H14N2/c1-4-5-10(2)8-11(3)12-6-7-13-9-14-12/h5-10H,1H2,2-3H3. The topological polar surface area (TPSA) is 25.8 Å². The fourth-order valence-corrected chi connectivity index (χ4v) is 1.24. The number of rotatable bonds is 3. The molecular weight excluding hydrogens is 172 g/mol. The molecule has 0 saturated heterocycles. The van der Waals surface area contributed by atoms with Gasteiger partial charge < -0.3 is 0 Å². The molecule has 1 aromatic heterocycles. The Morgan fingerprint density at radius 1 is 1.64 bits per heavy atom. The third-order valence-electron chi connectivity index (χ3n) is 1.88. The molecule has 0 fully saturated rings. The van der Waals surface area contributed by atoms with Crippen LogP contribution in [0.1, 0.15) is 19.5 Å². The molecule has 2 heteroatoms. The minimum atomic E-state index is 0.336. The van der Waals surface area contributed by atoms with Gasteiger partial charge in [0.05, 0.1) is 5.69 Å². The molecule has 0 bridgehead atoms. The second kappa shape index (κ2) is 5.15. The van der Waals surface area contributed by atoms with Gasteiger partial charge in [-0.25, -0.2) is 9.97 Å². The lowest BCUT2D eigenvalue weighted by molar-refractivity contribution is 0.941. The van der Waals surface area contributed by atoms with Gasteiger partial charge in [-0.3, -0.25) is 0 Å². The van der Waals surface area contributed by atoms with Gasteiger partial charge in [-0.15, -0.1) is 5.73 Å². The summed E-state index contributed by atoms with van der Waals surface area (Å²) in [6.45, 7) is 7.67. The fourth-order valence-electron chi connectivity index (χ4n) is 1.24. The molecule has 2 nitrogen and oxygen atoms in total. The van der Waals surface area contributed by atoms with E-state index in [0.717, 1.165) is 11.3 Å². The van der Waals surface area contributed by atoms with Gasteiger partial charge >= 0.3 is 0 Å². The Morgan fingerprint density at radius 3 is 3.00 bits per heavy atom. The average Bonchev–Trinajstić information content (AvgIpc) is 2.19. The van der Waals surface area contributed by atoms with Crippen molar-refractivity contribution < 1.29 is 0 Å². The normalized spacial score (nSPS) is 13.1. The molecule has 72 valence electrons. The van der Waals surface area contributed by atoms with E-state index in [2.05, 4.69) is 35.3 Å². The molecule has 0 aliphatic rings. The lowest BCUT2D eigenvalue weighted by atomic mass is 10.1. The highest BCUT2D eigenvalue weighted by Gasteiger charge is 1.97. The van der Waals surface area contributed by atoms with Crippen LogP contribution in [0.3, 0.4) is 0 Å². The summed E-state index contributed by atoms with van der Waals surface area (Å²) < 4.78 is 0. The summed E-state index contributed by atoms with van der Waals surface area (Å²) in [5.74, 6) is 0.336. The minimum Gasteiger partial charge on any atom is -0.245 e. The van der Waals surface area contributed by atoms with Crippen LogP contribution in [0.25, 0.3) is 5.57 Å². The van der Waals surface area contributed by atoms with Crippen LogP contribution < -0.4 is 0 Å². The van der Waals surface area contributed by atoms with Crippen molar-refractivity contribution in [3.8, 4) is 0 Å². The van der Waals surface area contributed by atoms with Gasteiger partial charge in [0, 0.05) is 12.1 Å². The molecule has 0 N–H and O–H groups in total.